The molecule has 166 valence electrons. The van der Waals surface area contributed by atoms with Gasteiger partial charge >= 0.3 is 0 Å². The minimum atomic E-state index is -0.455. The summed E-state index contributed by atoms with van der Waals surface area (Å²) in [4.78, 5) is 40.6. The number of nitrogens with one attached hydrogen (secondary N) is 2. The molecule has 6 rings (SSSR count). The minimum Gasteiger partial charge on any atom is -0.345 e. The van der Waals surface area contributed by atoms with E-state index in [4.69, 9.17) is 11.6 Å². The molecule has 0 aromatic heterocycles. The lowest BCUT2D eigenvalue weighted by atomic mass is 9.49. The standard InChI is InChI=1S/C24H30ClN3O3/c25-18-3-5-19(6-4-18)27-21(29)14-26-22(30)20-2-1-7-28(20)23(31)24-11-15-8-16(12-24)10-17(9-15)13-24/h3-6,15-17,20H,1-2,7-14H2,(H,26,30)(H,27,29). The first-order chi connectivity index (χ1) is 14.9. The van der Waals surface area contributed by atoms with Crippen molar-refractivity contribution in [1.29, 1.82) is 0 Å². The largest absolute Gasteiger partial charge is 0.345 e. The summed E-state index contributed by atoms with van der Waals surface area (Å²) in [7, 11) is 0. The molecule has 0 radical (unpaired) electrons. The number of hydrogen-bond acceptors (Lipinski definition) is 3. The Morgan fingerprint density at radius 3 is 2.23 bits per heavy atom. The van der Waals surface area contributed by atoms with E-state index in [1.165, 1.54) is 19.3 Å². The molecule has 4 aliphatic carbocycles. The van der Waals surface area contributed by atoms with Gasteiger partial charge in [-0.3, -0.25) is 14.4 Å². The fourth-order valence-corrected chi connectivity index (χ4v) is 7.11. The van der Waals surface area contributed by atoms with Gasteiger partial charge in [0, 0.05) is 17.3 Å². The van der Waals surface area contributed by atoms with Crippen molar-refractivity contribution in [3.05, 3.63) is 29.3 Å². The second kappa shape index (κ2) is 8.12. The second-order valence-electron chi connectivity index (χ2n) is 10.1. The number of benzene rings is 1. The highest BCUT2D eigenvalue weighted by Gasteiger charge is 2.56. The zero-order valence-corrected chi connectivity index (χ0v) is 18.5. The quantitative estimate of drug-likeness (QED) is 0.729. The molecule has 1 atom stereocenters. The number of amides is 3. The highest BCUT2D eigenvalue weighted by atomic mass is 35.5. The summed E-state index contributed by atoms with van der Waals surface area (Å²) in [5, 5.41) is 6.08. The molecule has 5 aliphatic rings. The number of halogens is 1. The molecule has 1 aliphatic heterocycles. The zero-order valence-electron chi connectivity index (χ0n) is 17.7. The number of nitrogens with zero attached hydrogens (tertiary/aromatic N) is 1. The first kappa shape index (κ1) is 20.8. The molecule has 1 unspecified atom stereocenters. The molecule has 7 heteroatoms. The molecular weight excluding hydrogens is 414 g/mol. The van der Waals surface area contributed by atoms with Crippen molar-refractivity contribution < 1.29 is 14.4 Å². The van der Waals surface area contributed by atoms with Gasteiger partial charge in [-0.2, -0.15) is 0 Å². The smallest absolute Gasteiger partial charge is 0.243 e. The fraction of sp³-hybridized carbons (Fsp3) is 0.625. The fourth-order valence-electron chi connectivity index (χ4n) is 6.98. The summed E-state index contributed by atoms with van der Waals surface area (Å²) in [6.45, 7) is 0.535. The molecule has 5 fully saturated rings. The van der Waals surface area contributed by atoms with Crippen LogP contribution in [0.1, 0.15) is 51.4 Å². The van der Waals surface area contributed by atoms with Crippen molar-refractivity contribution >= 4 is 35.0 Å². The van der Waals surface area contributed by atoms with Gasteiger partial charge in [0.25, 0.3) is 0 Å². The van der Waals surface area contributed by atoms with Crippen LogP contribution in [0.4, 0.5) is 5.69 Å². The Labute approximate surface area is 188 Å². The van der Waals surface area contributed by atoms with Gasteiger partial charge in [0.05, 0.1) is 12.0 Å². The predicted octanol–water partition coefficient (Wildman–Crippen LogP) is 3.60. The summed E-state index contributed by atoms with van der Waals surface area (Å²) in [5.41, 5.74) is 0.395. The molecule has 4 bridgehead atoms. The number of hydrogen-bond donors (Lipinski definition) is 2. The van der Waals surface area contributed by atoms with Crippen LogP contribution in [0.15, 0.2) is 24.3 Å². The van der Waals surface area contributed by atoms with Gasteiger partial charge in [0.2, 0.25) is 17.7 Å². The van der Waals surface area contributed by atoms with Gasteiger partial charge in [0.1, 0.15) is 6.04 Å². The van der Waals surface area contributed by atoms with Crippen LogP contribution < -0.4 is 10.6 Å². The van der Waals surface area contributed by atoms with E-state index in [0.29, 0.717) is 41.4 Å². The average molecular weight is 444 g/mol. The number of carbonyl (C=O) groups is 3. The Morgan fingerprint density at radius 1 is 1.00 bits per heavy atom. The third-order valence-electron chi connectivity index (χ3n) is 7.86. The third-order valence-corrected chi connectivity index (χ3v) is 8.11. The van der Waals surface area contributed by atoms with E-state index in [1.54, 1.807) is 24.3 Å². The molecule has 0 spiro atoms. The molecule has 1 saturated heterocycles. The Balaban J connectivity index is 1.19. The van der Waals surface area contributed by atoms with Crippen LogP contribution in [-0.4, -0.2) is 41.8 Å². The van der Waals surface area contributed by atoms with Crippen LogP contribution >= 0.6 is 11.6 Å². The van der Waals surface area contributed by atoms with Crippen LogP contribution in [0.3, 0.4) is 0 Å². The number of anilines is 1. The van der Waals surface area contributed by atoms with E-state index in [0.717, 1.165) is 25.7 Å². The SMILES string of the molecule is O=C(CNC(=O)C1CCCN1C(=O)C12CC3CC(CC(C3)C1)C2)Nc1ccc(Cl)cc1. The topological polar surface area (TPSA) is 78.5 Å². The monoisotopic (exact) mass is 443 g/mol. The number of carbonyl (C=O) groups excluding carboxylic acids is 3. The van der Waals surface area contributed by atoms with Crippen molar-refractivity contribution in [2.45, 2.75) is 57.4 Å². The van der Waals surface area contributed by atoms with E-state index >= 15 is 0 Å². The first-order valence-electron chi connectivity index (χ1n) is 11.6. The minimum absolute atomic E-state index is 0.114. The summed E-state index contributed by atoms with van der Waals surface area (Å²) >= 11 is 5.86. The van der Waals surface area contributed by atoms with Gasteiger partial charge in [-0.15, -0.1) is 0 Å². The first-order valence-corrected chi connectivity index (χ1v) is 11.9. The predicted molar refractivity (Wildman–Crippen MR) is 118 cm³/mol. The van der Waals surface area contributed by atoms with E-state index in [1.807, 2.05) is 4.90 Å². The molecule has 6 nitrogen and oxygen atoms in total. The van der Waals surface area contributed by atoms with Gasteiger partial charge in [0.15, 0.2) is 0 Å². The van der Waals surface area contributed by atoms with Gasteiger partial charge in [-0.25, -0.2) is 0 Å². The molecule has 31 heavy (non-hydrogen) atoms. The maximum Gasteiger partial charge on any atom is 0.243 e. The lowest BCUT2D eigenvalue weighted by Gasteiger charge is -2.56. The van der Waals surface area contributed by atoms with Crippen molar-refractivity contribution in [2.75, 3.05) is 18.4 Å². The Hall–Kier alpha value is -2.08. The van der Waals surface area contributed by atoms with Gasteiger partial charge in [-0.1, -0.05) is 11.6 Å². The maximum atomic E-state index is 13.7. The normalized spacial score (nSPS) is 33.4. The summed E-state index contributed by atoms with van der Waals surface area (Å²) < 4.78 is 0. The van der Waals surface area contributed by atoms with E-state index in [9.17, 15) is 14.4 Å². The summed E-state index contributed by atoms with van der Waals surface area (Å²) in [5.74, 6) is 1.77. The van der Waals surface area contributed by atoms with Gasteiger partial charge in [-0.05, 0) is 93.4 Å². The molecule has 2 N–H and O–H groups in total. The second-order valence-corrected chi connectivity index (χ2v) is 10.6. The van der Waals surface area contributed by atoms with Crippen LogP contribution in [0.2, 0.25) is 5.02 Å². The maximum absolute atomic E-state index is 13.7. The van der Waals surface area contributed by atoms with E-state index in [2.05, 4.69) is 10.6 Å². The Bertz CT molecular complexity index is 849. The van der Waals surface area contributed by atoms with Crippen LogP contribution in [0.25, 0.3) is 0 Å². The van der Waals surface area contributed by atoms with Crippen molar-refractivity contribution in [3.63, 3.8) is 0 Å². The lowest BCUT2D eigenvalue weighted by Crippen LogP contribution is -2.57. The average Bonchev–Trinajstić information content (AvgIpc) is 3.22. The van der Waals surface area contributed by atoms with Crippen LogP contribution in [0.5, 0.6) is 0 Å². The molecule has 4 saturated carbocycles. The van der Waals surface area contributed by atoms with Crippen molar-refractivity contribution in [3.8, 4) is 0 Å². The Morgan fingerprint density at radius 2 is 1.61 bits per heavy atom. The molecule has 3 amide bonds. The van der Waals surface area contributed by atoms with Crippen molar-refractivity contribution in [2.24, 2.45) is 23.2 Å². The van der Waals surface area contributed by atoms with E-state index in [-0.39, 0.29) is 29.7 Å². The molecule has 1 aromatic carbocycles. The summed E-state index contributed by atoms with van der Waals surface area (Å²) in [6, 6.07) is 6.36. The highest BCUT2D eigenvalue weighted by molar-refractivity contribution is 6.30. The summed E-state index contributed by atoms with van der Waals surface area (Å²) in [6.07, 6.45) is 8.40. The number of rotatable bonds is 5. The van der Waals surface area contributed by atoms with Crippen molar-refractivity contribution in [1.82, 2.24) is 10.2 Å². The van der Waals surface area contributed by atoms with Gasteiger partial charge < -0.3 is 15.5 Å². The molecule has 1 aromatic rings. The van der Waals surface area contributed by atoms with Crippen LogP contribution in [0, 0.1) is 23.2 Å². The van der Waals surface area contributed by atoms with Crippen LogP contribution in [-0.2, 0) is 14.4 Å². The molecule has 1 heterocycles. The Kier molecular flexibility index (Phi) is 5.45. The zero-order chi connectivity index (χ0) is 21.6. The lowest BCUT2D eigenvalue weighted by molar-refractivity contribution is -0.160. The molecular formula is C24H30ClN3O3. The van der Waals surface area contributed by atoms with E-state index < -0.39 is 6.04 Å². The number of likely N-dealkylation sites (tertiary alicyclic amines) is 1. The third kappa shape index (κ3) is 4.07. The highest BCUT2D eigenvalue weighted by Crippen LogP contribution is 2.60.